The summed E-state index contributed by atoms with van der Waals surface area (Å²) in [7, 11) is 0. The number of nitrogens with zero attached hydrogens (tertiary/aromatic N) is 4. The van der Waals surface area contributed by atoms with Gasteiger partial charge in [0.2, 0.25) is 5.91 Å². The van der Waals surface area contributed by atoms with Crippen LogP contribution in [-0.2, 0) is 11.3 Å². The monoisotopic (exact) mass is 426 g/mol. The number of anilines is 1. The van der Waals surface area contributed by atoms with Gasteiger partial charge in [0.25, 0.3) is 5.56 Å². The first-order valence-corrected chi connectivity index (χ1v) is 10.1. The first-order chi connectivity index (χ1) is 14.4. The van der Waals surface area contributed by atoms with E-state index in [9.17, 15) is 9.59 Å². The number of amides is 1. The van der Waals surface area contributed by atoms with Crippen molar-refractivity contribution in [3.8, 4) is 5.75 Å². The third-order valence-electron chi connectivity index (χ3n) is 4.30. The van der Waals surface area contributed by atoms with Crippen molar-refractivity contribution >= 4 is 39.8 Å². The normalized spacial score (nSPS) is 10.7. The second kappa shape index (κ2) is 9.54. The number of hydrogen-bond acceptors (Lipinski definition) is 5. The van der Waals surface area contributed by atoms with Gasteiger partial charge in [0.1, 0.15) is 11.6 Å². The maximum Gasteiger partial charge on any atom is 0.282 e. The predicted molar refractivity (Wildman–Crippen MR) is 120 cm³/mol. The zero-order valence-electron chi connectivity index (χ0n) is 17.1. The Morgan fingerprint density at radius 2 is 1.87 bits per heavy atom. The fraction of sp³-hybridized carbons (Fsp3) is 0.273. The molecule has 8 heteroatoms. The Bertz CT molecular complexity index is 1140. The van der Waals surface area contributed by atoms with Gasteiger partial charge in [-0.3, -0.25) is 9.59 Å². The molecule has 30 heavy (non-hydrogen) atoms. The maximum atomic E-state index is 13.0. The van der Waals surface area contributed by atoms with E-state index in [1.807, 2.05) is 13.0 Å². The third-order valence-corrected chi connectivity index (χ3v) is 4.52. The minimum atomic E-state index is -0.313. The maximum absolute atomic E-state index is 13.0. The molecule has 156 valence electrons. The van der Waals surface area contributed by atoms with Gasteiger partial charge in [-0.2, -0.15) is 9.78 Å². The number of hydrogen-bond donors (Lipinski definition) is 0. The van der Waals surface area contributed by atoms with E-state index < -0.39 is 0 Å². The molecule has 0 N–H and O–H groups in total. The molecule has 1 amide bonds. The van der Waals surface area contributed by atoms with Crippen molar-refractivity contribution in [2.45, 2.75) is 27.3 Å². The average Bonchev–Trinajstić information content (AvgIpc) is 2.74. The molecule has 0 atom stereocenters. The van der Waals surface area contributed by atoms with E-state index in [1.54, 1.807) is 56.3 Å². The number of carbonyl (C=O) groups is 1. The van der Waals surface area contributed by atoms with Crippen molar-refractivity contribution < 1.29 is 9.53 Å². The summed E-state index contributed by atoms with van der Waals surface area (Å²) in [6.45, 7) is 6.07. The Hall–Kier alpha value is -3.19. The second-order valence-electron chi connectivity index (χ2n) is 6.75. The molecule has 2 aromatic carbocycles. The lowest BCUT2D eigenvalue weighted by Gasteiger charge is -2.23. The molecular formula is C22H23ClN4O3. The SMILES string of the molecule is CCOc1ccc(N(Cc2nc3ccccc3c(=O)n2N=C(C)C)C(=O)CCl)cc1. The molecule has 0 radical (unpaired) electrons. The van der Waals surface area contributed by atoms with Crippen LogP contribution in [0.4, 0.5) is 5.69 Å². The minimum absolute atomic E-state index is 0.0381. The summed E-state index contributed by atoms with van der Waals surface area (Å²) in [6.07, 6.45) is 0. The molecule has 0 bridgehead atoms. The summed E-state index contributed by atoms with van der Waals surface area (Å²) in [5, 5.41) is 4.81. The Balaban J connectivity index is 2.11. The lowest BCUT2D eigenvalue weighted by atomic mass is 10.2. The van der Waals surface area contributed by atoms with E-state index in [-0.39, 0.29) is 23.9 Å². The molecule has 0 aliphatic carbocycles. The quantitative estimate of drug-likeness (QED) is 0.425. The van der Waals surface area contributed by atoms with E-state index in [1.165, 1.54) is 9.58 Å². The van der Waals surface area contributed by atoms with Crippen molar-refractivity contribution in [2.75, 3.05) is 17.4 Å². The molecule has 3 rings (SSSR count). The Morgan fingerprint density at radius 1 is 1.17 bits per heavy atom. The number of fused-ring (bicyclic) bond motifs is 1. The predicted octanol–water partition coefficient (Wildman–Crippen LogP) is 3.81. The molecule has 0 aliphatic rings. The molecule has 1 heterocycles. The van der Waals surface area contributed by atoms with Gasteiger partial charge < -0.3 is 9.64 Å². The van der Waals surface area contributed by atoms with E-state index in [2.05, 4.69) is 10.1 Å². The highest BCUT2D eigenvalue weighted by Gasteiger charge is 2.20. The third kappa shape index (κ3) is 4.68. The number of alkyl halides is 1. The molecule has 7 nitrogen and oxygen atoms in total. The zero-order valence-corrected chi connectivity index (χ0v) is 17.9. The first kappa shape index (κ1) is 21.5. The summed E-state index contributed by atoms with van der Waals surface area (Å²) in [4.78, 5) is 31.7. The van der Waals surface area contributed by atoms with Crippen molar-refractivity contribution in [1.82, 2.24) is 9.66 Å². The van der Waals surface area contributed by atoms with Crippen LogP contribution in [0.1, 0.15) is 26.6 Å². The summed E-state index contributed by atoms with van der Waals surface area (Å²) >= 11 is 5.86. The molecule has 0 unspecified atom stereocenters. The minimum Gasteiger partial charge on any atom is -0.494 e. The Labute approximate surface area is 179 Å². The number of aromatic nitrogens is 2. The largest absolute Gasteiger partial charge is 0.494 e. The fourth-order valence-electron chi connectivity index (χ4n) is 3.00. The molecule has 0 saturated heterocycles. The van der Waals surface area contributed by atoms with Crippen LogP contribution in [-0.4, -0.2) is 33.8 Å². The van der Waals surface area contributed by atoms with Crippen LogP contribution in [0.3, 0.4) is 0 Å². The average molecular weight is 427 g/mol. The van der Waals surface area contributed by atoms with E-state index in [0.29, 0.717) is 40.5 Å². The molecule has 0 saturated carbocycles. The van der Waals surface area contributed by atoms with E-state index in [4.69, 9.17) is 16.3 Å². The smallest absolute Gasteiger partial charge is 0.282 e. The highest BCUT2D eigenvalue weighted by Crippen LogP contribution is 2.22. The lowest BCUT2D eigenvalue weighted by molar-refractivity contribution is -0.116. The van der Waals surface area contributed by atoms with Crippen molar-refractivity contribution in [2.24, 2.45) is 5.10 Å². The van der Waals surface area contributed by atoms with Crippen molar-refractivity contribution in [1.29, 1.82) is 0 Å². The topological polar surface area (TPSA) is 76.8 Å². The molecule has 1 aromatic heterocycles. The van der Waals surface area contributed by atoms with Gasteiger partial charge in [-0.05, 0) is 57.2 Å². The molecular weight excluding hydrogens is 404 g/mol. The Kier molecular flexibility index (Phi) is 6.84. The summed E-state index contributed by atoms with van der Waals surface area (Å²) in [5.41, 5.74) is 1.56. The summed E-state index contributed by atoms with van der Waals surface area (Å²) in [5.74, 6) is 0.520. The highest BCUT2D eigenvalue weighted by molar-refractivity contribution is 6.29. The molecule has 0 fully saturated rings. The molecule has 3 aromatic rings. The first-order valence-electron chi connectivity index (χ1n) is 9.56. The standard InChI is InChI=1S/C22H23ClN4O3/c1-4-30-17-11-9-16(10-12-17)26(21(28)13-23)14-20-24-19-8-6-5-7-18(19)22(29)27(20)25-15(2)3/h5-12H,4,13-14H2,1-3H3. The second-order valence-corrected chi connectivity index (χ2v) is 7.02. The van der Waals surface area contributed by atoms with Crippen LogP contribution in [0.2, 0.25) is 0 Å². The molecule has 0 spiro atoms. The van der Waals surface area contributed by atoms with Crippen LogP contribution in [0.15, 0.2) is 58.4 Å². The van der Waals surface area contributed by atoms with Crippen LogP contribution in [0, 0.1) is 0 Å². The van der Waals surface area contributed by atoms with Gasteiger partial charge in [0, 0.05) is 11.4 Å². The number of para-hydroxylation sites is 1. The number of ether oxygens (including phenoxy) is 1. The van der Waals surface area contributed by atoms with Gasteiger partial charge in [-0.25, -0.2) is 4.98 Å². The van der Waals surface area contributed by atoms with Crippen molar-refractivity contribution in [3.05, 3.63) is 64.7 Å². The zero-order chi connectivity index (χ0) is 21.7. The van der Waals surface area contributed by atoms with Gasteiger partial charge in [0.05, 0.1) is 24.1 Å². The van der Waals surface area contributed by atoms with Gasteiger partial charge >= 0.3 is 0 Å². The fourth-order valence-corrected chi connectivity index (χ4v) is 3.15. The van der Waals surface area contributed by atoms with E-state index >= 15 is 0 Å². The van der Waals surface area contributed by atoms with Crippen LogP contribution in [0.25, 0.3) is 10.9 Å². The van der Waals surface area contributed by atoms with Crippen molar-refractivity contribution in [3.63, 3.8) is 0 Å². The number of benzene rings is 2. The Morgan fingerprint density at radius 3 is 2.50 bits per heavy atom. The van der Waals surface area contributed by atoms with Crippen LogP contribution < -0.4 is 15.2 Å². The summed E-state index contributed by atoms with van der Waals surface area (Å²) in [6, 6.07) is 14.2. The van der Waals surface area contributed by atoms with Gasteiger partial charge in [-0.15, -0.1) is 11.6 Å². The van der Waals surface area contributed by atoms with Gasteiger partial charge in [0.15, 0.2) is 5.82 Å². The number of halogens is 1. The number of rotatable bonds is 7. The van der Waals surface area contributed by atoms with Crippen LogP contribution >= 0.6 is 11.6 Å². The molecule has 0 aliphatic heterocycles. The van der Waals surface area contributed by atoms with Gasteiger partial charge in [-0.1, -0.05) is 12.1 Å². The number of carbonyl (C=O) groups excluding carboxylic acids is 1. The lowest BCUT2D eigenvalue weighted by Crippen LogP contribution is -2.35. The highest BCUT2D eigenvalue weighted by atomic mass is 35.5. The van der Waals surface area contributed by atoms with Crippen LogP contribution in [0.5, 0.6) is 5.75 Å². The van der Waals surface area contributed by atoms with E-state index in [0.717, 1.165) is 0 Å². The summed E-state index contributed by atoms with van der Waals surface area (Å²) < 4.78 is 6.72.